The minimum absolute atomic E-state index is 0.0626. The van der Waals surface area contributed by atoms with E-state index in [2.05, 4.69) is 78.4 Å². The lowest BCUT2D eigenvalue weighted by Gasteiger charge is -2.30. The summed E-state index contributed by atoms with van der Waals surface area (Å²) in [6, 6.07) is 1.54. The van der Waals surface area contributed by atoms with Crippen LogP contribution in [0.4, 0.5) is 0 Å². The third-order valence-corrected chi connectivity index (χ3v) is 16.5. The molecule has 36 nitrogen and oxygen atoms in total. The van der Waals surface area contributed by atoms with Crippen LogP contribution in [0.1, 0.15) is 87.3 Å². The van der Waals surface area contributed by atoms with Crippen LogP contribution < -0.4 is 76.1 Å². The van der Waals surface area contributed by atoms with Crippen LogP contribution in [0.5, 0.6) is 11.5 Å². The predicted molar refractivity (Wildman–Crippen MR) is 366 cm³/mol. The second-order valence-electron chi connectivity index (χ2n) is 23.7. The Labute approximate surface area is 595 Å². The molecule has 102 heavy (non-hydrogen) atoms. The van der Waals surface area contributed by atoms with Gasteiger partial charge in [0.05, 0.1) is 25.4 Å². The van der Waals surface area contributed by atoms with Gasteiger partial charge in [0.15, 0.2) is 0 Å². The third kappa shape index (κ3) is 28.9. The van der Waals surface area contributed by atoms with Crippen LogP contribution in [-0.2, 0) is 96.0 Å². The summed E-state index contributed by atoms with van der Waals surface area (Å²) >= 11 is 8.46. The second kappa shape index (κ2) is 42.5. The van der Waals surface area contributed by atoms with Gasteiger partial charge in [-0.15, -0.1) is 0 Å². The van der Waals surface area contributed by atoms with E-state index in [4.69, 9.17) is 28.0 Å². The molecule has 0 saturated carbocycles. The zero-order valence-electron chi connectivity index (χ0n) is 55.2. The number of carbonyl (C=O) groups is 16. The summed E-state index contributed by atoms with van der Waals surface area (Å²) in [4.78, 5) is 214. The predicted octanol–water partition coefficient (Wildman–Crippen LogP) is -5.52. The molecule has 4 rings (SSSR count). The van der Waals surface area contributed by atoms with Gasteiger partial charge in [-0.05, 0) is 92.4 Å². The summed E-state index contributed by atoms with van der Waals surface area (Å²) < 4.78 is 0. The summed E-state index contributed by atoms with van der Waals surface area (Å²) in [6.07, 6.45) is -4.32. The van der Waals surface area contributed by atoms with Crippen molar-refractivity contribution < 1.29 is 102 Å². The van der Waals surface area contributed by atoms with E-state index in [-0.39, 0.29) is 69.5 Å². The number of aliphatic carboxylic acids is 3. The number of nitrogens with zero attached hydrogens (tertiary/aromatic N) is 1. The average Bonchev–Trinajstić information content (AvgIpc) is 1.65. The zero-order chi connectivity index (χ0) is 75.8. The molecule has 23 N–H and O–H groups in total. The fraction of sp³-hybridized carbons (Fsp3) is 0.469. The minimum Gasteiger partial charge on any atom is -0.508 e. The van der Waals surface area contributed by atoms with Gasteiger partial charge in [-0.3, -0.25) is 71.9 Å². The highest BCUT2D eigenvalue weighted by atomic mass is 32.1. The molecule has 556 valence electrons. The summed E-state index contributed by atoms with van der Waals surface area (Å²) in [6.45, 7) is -0.809. The Bertz CT molecular complexity index is 3470. The minimum atomic E-state index is -1.89. The summed E-state index contributed by atoms with van der Waals surface area (Å²) in [5, 5.41) is 72.6. The van der Waals surface area contributed by atoms with Gasteiger partial charge >= 0.3 is 17.9 Å². The van der Waals surface area contributed by atoms with Gasteiger partial charge in [0.1, 0.15) is 71.9 Å². The third-order valence-electron chi connectivity index (χ3n) is 15.7. The molecule has 38 heteroatoms. The van der Waals surface area contributed by atoms with Crippen molar-refractivity contribution in [3.05, 3.63) is 95.6 Å². The lowest BCUT2D eigenvalue weighted by molar-refractivity contribution is -0.143. The molecule has 3 aromatic rings. The number of carboxylic acids is 3. The normalized spacial score (nSPS) is 15.4. The Hall–Kier alpha value is -10.6. The number of benzene rings is 3. The van der Waals surface area contributed by atoms with Gasteiger partial charge < -0.3 is 107 Å². The van der Waals surface area contributed by atoms with E-state index in [0.717, 1.165) is 4.90 Å². The number of phenolic OH excluding ortho intramolecular Hbond substituents is 2. The van der Waals surface area contributed by atoms with Crippen molar-refractivity contribution in [3.8, 4) is 11.5 Å². The van der Waals surface area contributed by atoms with Crippen LogP contribution in [0.25, 0.3) is 0 Å². The topological polar surface area (TPSA) is 602 Å². The molecule has 1 saturated heterocycles. The molecule has 0 aromatic heterocycles. The highest BCUT2D eigenvalue weighted by Gasteiger charge is 2.41. The fourth-order valence-electron chi connectivity index (χ4n) is 10.4. The summed E-state index contributed by atoms with van der Waals surface area (Å²) in [7, 11) is 0. The van der Waals surface area contributed by atoms with Gasteiger partial charge in [-0.1, -0.05) is 54.6 Å². The van der Waals surface area contributed by atoms with Crippen molar-refractivity contribution >= 4 is 120 Å². The number of carbonyl (C=O) groups excluding carboxylic acids is 13. The number of carboxylic acid groups (broad SMARTS) is 3. The first-order chi connectivity index (χ1) is 48.3. The van der Waals surface area contributed by atoms with Crippen molar-refractivity contribution in [3.63, 3.8) is 0 Å². The average molecular weight is 1470 g/mol. The fourth-order valence-corrected chi connectivity index (χ4v) is 10.9. The van der Waals surface area contributed by atoms with Gasteiger partial charge in [0.25, 0.3) is 0 Å². The number of likely N-dealkylation sites (tertiary alicyclic amines) is 1. The number of hydrogen-bond acceptors (Lipinski definition) is 22. The lowest BCUT2D eigenvalue weighted by atomic mass is 10.0. The molecule has 0 bridgehead atoms. The molecule has 11 atom stereocenters. The molecule has 1 aliphatic rings. The first-order valence-electron chi connectivity index (χ1n) is 32.1. The standard InChI is InChI=1S/C64H87N15O21S2/c65-23-5-4-9-39(55(90)74-43(25-33-7-2-1-3-8-33)59(94)77-46(31-101)60(95)73-41(64(99)100)20-22-53(87)88)71-58(93)44(27-35-13-17-37(81)18-14-35)75-61(96)47(32-102)78-62(97)48-10-6-24-79(48)63(98)45(29-50(68)83)76-56(91)40(19-21-52(85)86)72-57(92)42(26-34-11-15-36(80)16-12-34)70-51(84)30-69-54(89)38(66)28-49(67)82/h1-3,7-8,11-18,38-48,80-81,101-102H,4-6,9-10,19-32,65-66H2,(H2,67,82)(H2,68,83)(H,69,89)(H,70,84)(H,71,93)(H,72,92)(H,73,95)(H,74,90)(H,75,96)(H,76,91)(H,77,94)(H,78,97)(H,85,86)(H,87,88)(H,99,100)/t38-,39-,40-,41-,42-,43-,44-,45-,46-,47-,48-/m0/s1. The van der Waals surface area contributed by atoms with Gasteiger partial charge in [-0.2, -0.15) is 25.3 Å². The van der Waals surface area contributed by atoms with Gasteiger partial charge in [-0.25, -0.2) is 4.79 Å². The van der Waals surface area contributed by atoms with E-state index in [1.165, 1.54) is 48.5 Å². The van der Waals surface area contributed by atoms with Crippen molar-refractivity contribution in [2.75, 3.05) is 31.1 Å². The summed E-state index contributed by atoms with van der Waals surface area (Å²) in [5.41, 5.74) is 23.3. The van der Waals surface area contributed by atoms with E-state index in [1.54, 1.807) is 30.3 Å². The second-order valence-corrected chi connectivity index (χ2v) is 24.5. The maximum absolute atomic E-state index is 14.7. The highest BCUT2D eigenvalue weighted by Crippen LogP contribution is 2.21. The first-order valence-corrected chi connectivity index (χ1v) is 33.4. The molecule has 0 spiro atoms. The van der Waals surface area contributed by atoms with Gasteiger partial charge in [0, 0.05) is 50.2 Å². The molecular weight excluding hydrogens is 1380 g/mol. The van der Waals surface area contributed by atoms with E-state index in [0.29, 0.717) is 23.1 Å². The Morgan fingerprint density at radius 2 is 0.873 bits per heavy atom. The molecular formula is C64H87N15O21S2. The Balaban J connectivity index is 1.58. The van der Waals surface area contributed by atoms with Crippen LogP contribution in [0.15, 0.2) is 78.9 Å². The smallest absolute Gasteiger partial charge is 0.326 e. The molecule has 1 fully saturated rings. The van der Waals surface area contributed by atoms with Crippen molar-refractivity contribution in [1.29, 1.82) is 0 Å². The molecule has 1 heterocycles. The van der Waals surface area contributed by atoms with Crippen molar-refractivity contribution in [2.45, 2.75) is 156 Å². The summed E-state index contributed by atoms with van der Waals surface area (Å²) in [5.74, 6) is -18.8. The quantitative estimate of drug-likeness (QED) is 0.0185. The van der Waals surface area contributed by atoms with Crippen LogP contribution >= 0.6 is 25.3 Å². The highest BCUT2D eigenvalue weighted by molar-refractivity contribution is 7.80. The number of thiol groups is 2. The van der Waals surface area contributed by atoms with Crippen molar-refractivity contribution in [1.82, 2.24) is 58.1 Å². The number of phenols is 2. The van der Waals surface area contributed by atoms with Crippen LogP contribution in [0.2, 0.25) is 0 Å². The Kier molecular flexibility index (Phi) is 34.9. The zero-order valence-corrected chi connectivity index (χ0v) is 57.0. The lowest BCUT2D eigenvalue weighted by Crippen LogP contribution is -2.61. The number of nitrogens with one attached hydrogen (secondary N) is 10. The number of hydrogen-bond donors (Lipinski definition) is 21. The number of nitrogens with two attached hydrogens (primary N) is 4. The number of rotatable bonds is 44. The van der Waals surface area contributed by atoms with E-state index < -0.39 is 218 Å². The SMILES string of the molecule is NCCCC[C@H](NC(=O)[C@H](Cc1ccc(O)cc1)NC(=O)[C@H](CS)NC(=O)[C@@H]1CCCN1C(=O)[C@H](CC(N)=O)NC(=O)[C@H](CCC(=O)O)NC(=O)[C@H](Cc1ccc(O)cc1)NC(=O)CNC(=O)[C@@H](N)CC(N)=O)C(=O)N[C@@H](Cc1ccccc1)C(=O)N[C@@H](CS)C(=O)N[C@@H](CCC(=O)O)C(=O)O. The van der Waals surface area contributed by atoms with Gasteiger partial charge in [0.2, 0.25) is 76.8 Å². The monoisotopic (exact) mass is 1470 g/mol. The van der Waals surface area contributed by atoms with Crippen LogP contribution in [-0.4, -0.2) is 223 Å². The van der Waals surface area contributed by atoms with E-state index >= 15 is 0 Å². The molecule has 0 unspecified atom stereocenters. The van der Waals surface area contributed by atoms with E-state index in [1.807, 2.05) is 0 Å². The molecule has 13 amide bonds. The molecule has 3 aromatic carbocycles. The van der Waals surface area contributed by atoms with Crippen LogP contribution in [0.3, 0.4) is 0 Å². The number of unbranched alkanes of at least 4 members (excludes halogenated alkanes) is 1. The number of primary amides is 2. The Morgan fingerprint density at radius 1 is 0.471 bits per heavy atom. The van der Waals surface area contributed by atoms with E-state index in [9.17, 15) is 97.1 Å². The number of amides is 13. The molecule has 0 radical (unpaired) electrons. The van der Waals surface area contributed by atoms with Crippen LogP contribution in [0, 0.1) is 0 Å². The maximum atomic E-state index is 14.7. The molecule has 1 aliphatic heterocycles. The maximum Gasteiger partial charge on any atom is 0.326 e. The molecule has 0 aliphatic carbocycles. The Morgan fingerprint density at radius 3 is 1.33 bits per heavy atom. The first kappa shape index (κ1) is 83.8. The number of aromatic hydroxyl groups is 2. The largest absolute Gasteiger partial charge is 0.508 e. The van der Waals surface area contributed by atoms with Crippen molar-refractivity contribution in [2.24, 2.45) is 22.9 Å².